The van der Waals surface area contributed by atoms with Crippen LogP contribution in [0.1, 0.15) is 41.9 Å². The summed E-state index contributed by atoms with van der Waals surface area (Å²) in [5.74, 6) is -0.520. The predicted molar refractivity (Wildman–Crippen MR) is 113 cm³/mol. The predicted octanol–water partition coefficient (Wildman–Crippen LogP) is 5.77. The van der Waals surface area contributed by atoms with E-state index in [0.717, 1.165) is 17.7 Å². The SMILES string of the molecule is CCC(C)Sc1ccc(NC(=O)c2cnn(-c3ccc(F)cc3)c2C)c(C)c1. The van der Waals surface area contributed by atoms with Gasteiger partial charge in [0.05, 0.1) is 23.1 Å². The van der Waals surface area contributed by atoms with Gasteiger partial charge in [-0.1, -0.05) is 13.8 Å². The lowest BCUT2D eigenvalue weighted by Gasteiger charge is -2.12. The summed E-state index contributed by atoms with van der Waals surface area (Å²) in [6.45, 7) is 8.19. The molecule has 1 atom stereocenters. The van der Waals surface area contributed by atoms with Gasteiger partial charge >= 0.3 is 0 Å². The standard InChI is InChI=1S/C22H24FN3OS/c1-5-15(3)28-19-10-11-21(14(2)12-19)25-22(27)20-13-24-26(16(20)4)18-8-6-17(23)7-9-18/h6-13,15H,5H2,1-4H3,(H,25,27). The molecule has 3 rings (SSSR count). The summed E-state index contributed by atoms with van der Waals surface area (Å²) in [5.41, 5.74) is 3.70. The number of nitrogens with zero attached hydrogens (tertiary/aromatic N) is 2. The minimum Gasteiger partial charge on any atom is -0.322 e. The molecule has 4 nitrogen and oxygen atoms in total. The molecule has 0 saturated heterocycles. The summed E-state index contributed by atoms with van der Waals surface area (Å²) in [7, 11) is 0. The number of carbonyl (C=O) groups is 1. The first kappa shape index (κ1) is 20.1. The maximum Gasteiger partial charge on any atom is 0.259 e. The molecule has 146 valence electrons. The quantitative estimate of drug-likeness (QED) is 0.537. The Labute approximate surface area is 169 Å². The number of anilines is 1. The number of halogens is 1. The van der Waals surface area contributed by atoms with Gasteiger partial charge in [0.15, 0.2) is 0 Å². The minimum atomic E-state index is -0.308. The van der Waals surface area contributed by atoms with Crippen LogP contribution in [0.2, 0.25) is 0 Å². The lowest BCUT2D eigenvalue weighted by Crippen LogP contribution is -2.14. The first-order valence-corrected chi connectivity index (χ1v) is 10.2. The molecule has 1 unspecified atom stereocenters. The first-order valence-electron chi connectivity index (χ1n) is 9.28. The van der Waals surface area contributed by atoms with Crippen molar-refractivity contribution in [1.29, 1.82) is 0 Å². The van der Waals surface area contributed by atoms with E-state index in [-0.39, 0.29) is 11.7 Å². The van der Waals surface area contributed by atoms with Gasteiger partial charge in [-0.05, 0) is 68.3 Å². The topological polar surface area (TPSA) is 46.9 Å². The first-order chi connectivity index (χ1) is 13.4. The van der Waals surface area contributed by atoms with E-state index >= 15 is 0 Å². The number of aryl methyl sites for hydroxylation is 1. The van der Waals surface area contributed by atoms with E-state index in [0.29, 0.717) is 22.2 Å². The van der Waals surface area contributed by atoms with Crippen LogP contribution in [-0.2, 0) is 0 Å². The fourth-order valence-electron chi connectivity index (χ4n) is 2.83. The van der Waals surface area contributed by atoms with Crippen molar-refractivity contribution in [2.24, 2.45) is 0 Å². The maximum absolute atomic E-state index is 13.1. The number of benzene rings is 2. The molecule has 0 aliphatic carbocycles. The molecule has 0 radical (unpaired) electrons. The van der Waals surface area contributed by atoms with Crippen molar-refractivity contribution in [3.63, 3.8) is 0 Å². The van der Waals surface area contributed by atoms with Crippen LogP contribution in [0, 0.1) is 19.7 Å². The van der Waals surface area contributed by atoms with Gasteiger partial charge in [0.2, 0.25) is 0 Å². The second kappa shape index (κ2) is 8.61. The van der Waals surface area contributed by atoms with Crippen molar-refractivity contribution in [2.75, 3.05) is 5.32 Å². The zero-order valence-electron chi connectivity index (χ0n) is 16.5. The van der Waals surface area contributed by atoms with Crippen molar-refractivity contribution in [2.45, 2.75) is 44.3 Å². The van der Waals surface area contributed by atoms with E-state index in [1.165, 1.54) is 23.2 Å². The molecule has 6 heteroatoms. The smallest absolute Gasteiger partial charge is 0.259 e. The Morgan fingerprint density at radius 3 is 2.57 bits per heavy atom. The number of rotatable bonds is 6. The highest BCUT2D eigenvalue weighted by Crippen LogP contribution is 2.29. The van der Waals surface area contributed by atoms with Crippen LogP contribution in [-0.4, -0.2) is 20.9 Å². The van der Waals surface area contributed by atoms with Gasteiger partial charge in [0, 0.05) is 15.8 Å². The average Bonchev–Trinajstić information content (AvgIpc) is 3.06. The molecular formula is C22H24FN3OS. The minimum absolute atomic E-state index is 0.212. The van der Waals surface area contributed by atoms with Crippen LogP contribution in [0.15, 0.2) is 53.6 Å². The Balaban J connectivity index is 1.77. The van der Waals surface area contributed by atoms with Crippen molar-refractivity contribution in [3.8, 4) is 5.69 Å². The molecule has 1 heterocycles. The van der Waals surface area contributed by atoms with Crippen LogP contribution in [0.4, 0.5) is 10.1 Å². The normalized spacial score (nSPS) is 12.0. The highest BCUT2D eigenvalue weighted by molar-refractivity contribution is 7.99. The number of amides is 1. The second-order valence-electron chi connectivity index (χ2n) is 6.80. The van der Waals surface area contributed by atoms with Crippen molar-refractivity contribution < 1.29 is 9.18 Å². The highest BCUT2D eigenvalue weighted by atomic mass is 32.2. The van der Waals surface area contributed by atoms with E-state index in [1.807, 2.05) is 37.7 Å². The van der Waals surface area contributed by atoms with E-state index in [1.54, 1.807) is 16.8 Å². The fraction of sp³-hybridized carbons (Fsp3) is 0.273. The van der Waals surface area contributed by atoms with Crippen LogP contribution in [0.5, 0.6) is 0 Å². The Hall–Kier alpha value is -2.60. The van der Waals surface area contributed by atoms with Gasteiger partial charge < -0.3 is 5.32 Å². The Bertz CT molecular complexity index is 982. The van der Waals surface area contributed by atoms with E-state index in [4.69, 9.17) is 0 Å². The molecule has 28 heavy (non-hydrogen) atoms. The van der Waals surface area contributed by atoms with Crippen molar-refractivity contribution in [1.82, 2.24) is 9.78 Å². The highest BCUT2D eigenvalue weighted by Gasteiger charge is 2.16. The summed E-state index contributed by atoms with van der Waals surface area (Å²) in [6.07, 6.45) is 2.65. The molecule has 1 N–H and O–H groups in total. The monoisotopic (exact) mass is 397 g/mol. The molecule has 2 aromatic carbocycles. The van der Waals surface area contributed by atoms with Crippen LogP contribution >= 0.6 is 11.8 Å². The summed E-state index contributed by atoms with van der Waals surface area (Å²) in [5, 5.41) is 7.82. The summed E-state index contributed by atoms with van der Waals surface area (Å²) in [6, 6.07) is 12.1. The van der Waals surface area contributed by atoms with E-state index in [2.05, 4.69) is 30.3 Å². The zero-order chi connectivity index (χ0) is 20.3. The van der Waals surface area contributed by atoms with E-state index in [9.17, 15) is 9.18 Å². The Morgan fingerprint density at radius 1 is 1.21 bits per heavy atom. The summed E-state index contributed by atoms with van der Waals surface area (Å²) in [4.78, 5) is 14.0. The molecule has 3 aromatic rings. The fourth-order valence-corrected chi connectivity index (χ4v) is 3.85. The van der Waals surface area contributed by atoms with Gasteiger partial charge in [-0.3, -0.25) is 4.79 Å². The molecule has 0 aliphatic heterocycles. The molecule has 0 saturated carbocycles. The maximum atomic E-state index is 13.1. The van der Waals surface area contributed by atoms with Crippen LogP contribution in [0.25, 0.3) is 5.69 Å². The van der Waals surface area contributed by atoms with Gasteiger partial charge in [-0.15, -0.1) is 11.8 Å². The molecule has 0 bridgehead atoms. The van der Waals surface area contributed by atoms with Crippen molar-refractivity contribution >= 4 is 23.4 Å². The average molecular weight is 398 g/mol. The van der Waals surface area contributed by atoms with Gasteiger partial charge in [-0.25, -0.2) is 9.07 Å². The number of aromatic nitrogens is 2. The van der Waals surface area contributed by atoms with Crippen molar-refractivity contribution in [3.05, 3.63) is 71.3 Å². The second-order valence-corrected chi connectivity index (χ2v) is 8.31. The third-order valence-corrected chi connectivity index (χ3v) is 5.95. The lowest BCUT2D eigenvalue weighted by molar-refractivity contribution is 0.102. The third-order valence-electron chi connectivity index (χ3n) is 4.68. The molecule has 0 fully saturated rings. The number of nitrogens with one attached hydrogen (secondary N) is 1. The molecule has 1 amide bonds. The number of hydrogen-bond acceptors (Lipinski definition) is 3. The summed E-state index contributed by atoms with van der Waals surface area (Å²) >= 11 is 1.83. The van der Waals surface area contributed by atoms with Crippen LogP contribution in [0.3, 0.4) is 0 Å². The molecular weight excluding hydrogens is 373 g/mol. The van der Waals surface area contributed by atoms with Gasteiger partial charge in [0.25, 0.3) is 5.91 Å². The van der Waals surface area contributed by atoms with Crippen LogP contribution < -0.4 is 5.32 Å². The van der Waals surface area contributed by atoms with Gasteiger partial charge in [-0.2, -0.15) is 5.10 Å². The molecule has 0 aliphatic rings. The Morgan fingerprint density at radius 2 is 1.93 bits per heavy atom. The molecule has 1 aromatic heterocycles. The van der Waals surface area contributed by atoms with E-state index < -0.39 is 0 Å². The number of carbonyl (C=O) groups excluding carboxylic acids is 1. The molecule has 0 spiro atoms. The number of thioether (sulfide) groups is 1. The Kier molecular flexibility index (Phi) is 6.19. The lowest BCUT2D eigenvalue weighted by atomic mass is 10.2. The number of hydrogen-bond donors (Lipinski definition) is 1. The summed E-state index contributed by atoms with van der Waals surface area (Å²) < 4.78 is 14.8. The zero-order valence-corrected chi connectivity index (χ0v) is 17.3. The third kappa shape index (κ3) is 4.44. The largest absolute Gasteiger partial charge is 0.322 e. The van der Waals surface area contributed by atoms with Gasteiger partial charge in [0.1, 0.15) is 5.82 Å².